The molecule has 2 aromatic carbocycles. The smallest absolute Gasteiger partial charge is 0.272 e. The maximum Gasteiger partial charge on any atom is 0.272 e. The first-order valence-corrected chi connectivity index (χ1v) is 10.8. The predicted molar refractivity (Wildman–Crippen MR) is 119 cm³/mol. The fourth-order valence-electron chi connectivity index (χ4n) is 5.13. The van der Waals surface area contributed by atoms with E-state index in [2.05, 4.69) is 41.3 Å². The summed E-state index contributed by atoms with van der Waals surface area (Å²) in [5.74, 6) is -0.0565. The van der Waals surface area contributed by atoms with Gasteiger partial charge in [-0.05, 0) is 38.6 Å². The average molecular weight is 404 g/mol. The molecule has 3 heterocycles. The number of carbonyl (C=O) groups is 1. The molecule has 30 heavy (non-hydrogen) atoms. The molecule has 1 N–H and O–H groups in total. The zero-order chi connectivity index (χ0) is 20.7. The van der Waals surface area contributed by atoms with E-state index in [1.807, 2.05) is 47.1 Å². The molecule has 6 nitrogen and oxygen atoms in total. The number of carbonyl (C=O) groups excluding carboxylic acids is 1. The van der Waals surface area contributed by atoms with Gasteiger partial charge >= 0.3 is 0 Å². The second-order valence-corrected chi connectivity index (χ2v) is 8.85. The molecule has 2 saturated heterocycles. The Morgan fingerprint density at radius 3 is 2.40 bits per heavy atom. The fourth-order valence-corrected chi connectivity index (χ4v) is 5.13. The number of amides is 1. The van der Waals surface area contributed by atoms with Crippen molar-refractivity contribution in [3.63, 3.8) is 0 Å². The van der Waals surface area contributed by atoms with E-state index in [9.17, 15) is 4.79 Å². The Morgan fingerprint density at radius 1 is 1.00 bits per heavy atom. The number of likely N-dealkylation sites (tertiary alicyclic amines) is 1. The Hall–Kier alpha value is -2.70. The van der Waals surface area contributed by atoms with Crippen LogP contribution in [-0.4, -0.2) is 70.8 Å². The standard InChI is InChI=1S/C24H29N5O/c1-27-15-19-12-18(13-20(16-27)28(19)2)25-24(30)23-21-10-6-7-11-22(21)29(26-23)14-17-8-4-3-5-9-17/h3-11,18-20H,12-16H2,1-2H3,(H,25,30)/t18?,19-,20+. The number of aromatic nitrogens is 2. The van der Waals surface area contributed by atoms with Gasteiger partial charge in [0.15, 0.2) is 5.69 Å². The number of fused-ring (bicyclic) bond motifs is 3. The van der Waals surface area contributed by atoms with Gasteiger partial charge in [0.1, 0.15) is 0 Å². The molecule has 0 saturated carbocycles. The van der Waals surface area contributed by atoms with Crippen LogP contribution in [0, 0.1) is 0 Å². The molecule has 3 aromatic rings. The summed E-state index contributed by atoms with van der Waals surface area (Å²) in [7, 11) is 4.41. The minimum atomic E-state index is -0.0565. The first kappa shape index (κ1) is 19.3. The Bertz CT molecular complexity index is 1030. The lowest BCUT2D eigenvalue weighted by molar-refractivity contribution is 0.00837. The second-order valence-electron chi connectivity index (χ2n) is 8.85. The lowest BCUT2D eigenvalue weighted by Crippen LogP contribution is -2.63. The van der Waals surface area contributed by atoms with Crippen LogP contribution in [0.5, 0.6) is 0 Å². The topological polar surface area (TPSA) is 53.4 Å². The van der Waals surface area contributed by atoms with Gasteiger partial charge in [0, 0.05) is 36.6 Å². The molecule has 6 heteroatoms. The van der Waals surface area contributed by atoms with Gasteiger partial charge in [0.25, 0.3) is 5.91 Å². The molecular formula is C24H29N5O. The molecule has 2 aliphatic heterocycles. The molecule has 3 atom stereocenters. The minimum Gasteiger partial charge on any atom is -0.348 e. The van der Waals surface area contributed by atoms with Crippen LogP contribution >= 0.6 is 0 Å². The average Bonchev–Trinajstić information content (AvgIpc) is 3.09. The normalized spacial score (nSPS) is 24.8. The van der Waals surface area contributed by atoms with Crippen molar-refractivity contribution in [3.8, 4) is 0 Å². The Labute approximate surface area is 177 Å². The first-order valence-electron chi connectivity index (χ1n) is 10.8. The van der Waals surface area contributed by atoms with Crippen LogP contribution in [0.4, 0.5) is 0 Å². The zero-order valence-corrected chi connectivity index (χ0v) is 17.7. The van der Waals surface area contributed by atoms with Crippen molar-refractivity contribution in [1.29, 1.82) is 0 Å². The van der Waals surface area contributed by atoms with E-state index in [0.29, 0.717) is 24.3 Å². The van der Waals surface area contributed by atoms with E-state index in [0.717, 1.165) is 36.8 Å². The Kier molecular flexibility index (Phi) is 5.05. The minimum absolute atomic E-state index is 0.0565. The van der Waals surface area contributed by atoms with Crippen molar-refractivity contribution >= 4 is 16.8 Å². The molecular weight excluding hydrogens is 374 g/mol. The van der Waals surface area contributed by atoms with Crippen LogP contribution in [0.1, 0.15) is 28.9 Å². The molecule has 0 spiro atoms. The monoisotopic (exact) mass is 403 g/mol. The summed E-state index contributed by atoms with van der Waals surface area (Å²) in [5.41, 5.74) is 2.70. The Balaban J connectivity index is 1.38. The second kappa shape index (κ2) is 7.85. The number of rotatable bonds is 4. The van der Waals surface area contributed by atoms with Crippen LogP contribution < -0.4 is 5.32 Å². The highest BCUT2D eigenvalue weighted by Gasteiger charge is 2.38. The quantitative estimate of drug-likeness (QED) is 0.728. The molecule has 1 amide bonds. The maximum absolute atomic E-state index is 13.2. The summed E-state index contributed by atoms with van der Waals surface area (Å²) in [5, 5.41) is 8.96. The number of para-hydroxylation sites is 1. The zero-order valence-electron chi connectivity index (χ0n) is 17.7. The van der Waals surface area contributed by atoms with Gasteiger partial charge < -0.3 is 10.2 Å². The first-order chi connectivity index (χ1) is 14.6. The highest BCUT2D eigenvalue weighted by Crippen LogP contribution is 2.27. The highest BCUT2D eigenvalue weighted by molar-refractivity contribution is 6.05. The number of nitrogens with one attached hydrogen (secondary N) is 1. The van der Waals surface area contributed by atoms with Crippen LogP contribution in [0.25, 0.3) is 10.9 Å². The van der Waals surface area contributed by atoms with Crippen molar-refractivity contribution < 1.29 is 4.79 Å². The van der Waals surface area contributed by atoms with Crippen LogP contribution in [0.3, 0.4) is 0 Å². The van der Waals surface area contributed by atoms with E-state index in [1.54, 1.807) is 0 Å². The summed E-state index contributed by atoms with van der Waals surface area (Å²) >= 11 is 0. The van der Waals surface area contributed by atoms with Gasteiger partial charge in [0.2, 0.25) is 0 Å². The van der Waals surface area contributed by atoms with Crippen molar-refractivity contribution in [3.05, 3.63) is 65.9 Å². The van der Waals surface area contributed by atoms with Gasteiger partial charge in [0.05, 0.1) is 12.1 Å². The number of benzene rings is 2. The molecule has 2 aliphatic rings. The van der Waals surface area contributed by atoms with E-state index in [4.69, 9.17) is 5.10 Å². The fraction of sp³-hybridized carbons (Fsp3) is 0.417. The van der Waals surface area contributed by atoms with Crippen LogP contribution in [0.2, 0.25) is 0 Å². The van der Waals surface area contributed by atoms with Crippen molar-refractivity contribution in [2.45, 2.75) is 37.5 Å². The van der Waals surface area contributed by atoms with Crippen molar-refractivity contribution in [2.24, 2.45) is 0 Å². The summed E-state index contributed by atoms with van der Waals surface area (Å²) < 4.78 is 1.94. The summed E-state index contributed by atoms with van der Waals surface area (Å²) in [6.07, 6.45) is 1.98. The van der Waals surface area contributed by atoms with Crippen molar-refractivity contribution in [1.82, 2.24) is 24.9 Å². The third-order valence-corrected chi connectivity index (χ3v) is 6.69. The van der Waals surface area contributed by atoms with Gasteiger partial charge in [-0.2, -0.15) is 5.10 Å². The van der Waals surface area contributed by atoms with E-state index >= 15 is 0 Å². The van der Waals surface area contributed by atoms with Gasteiger partial charge in [-0.3, -0.25) is 14.4 Å². The molecule has 2 bridgehead atoms. The number of piperazine rings is 1. The lowest BCUT2D eigenvalue weighted by atomic mass is 9.88. The van der Waals surface area contributed by atoms with Crippen LogP contribution in [0.15, 0.2) is 54.6 Å². The van der Waals surface area contributed by atoms with E-state index in [1.165, 1.54) is 5.56 Å². The molecule has 0 radical (unpaired) electrons. The molecule has 5 rings (SSSR count). The molecule has 156 valence electrons. The molecule has 1 aromatic heterocycles. The van der Waals surface area contributed by atoms with Gasteiger partial charge in [-0.1, -0.05) is 48.5 Å². The highest BCUT2D eigenvalue weighted by atomic mass is 16.2. The SMILES string of the molecule is CN1C[C@H]2CC(NC(=O)c3nn(Cc4ccccc4)c4ccccc34)C[C@@H](C1)N2C. The number of nitrogens with zero attached hydrogens (tertiary/aromatic N) is 4. The van der Waals surface area contributed by atoms with E-state index < -0.39 is 0 Å². The van der Waals surface area contributed by atoms with Crippen molar-refractivity contribution in [2.75, 3.05) is 27.2 Å². The predicted octanol–water partition coefficient (Wildman–Crippen LogP) is 2.59. The largest absolute Gasteiger partial charge is 0.348 e. The lowest BCUT2D eigenvalue weighted by Gasteiger charge is -2.50. The summed E-state index contributed by atoms with van der Waals surface area (Å²) in [6.45, 7) is 2.78. The third kappa shape index (κ3) is 3.61. The number of piperidine rings is 1. The summed E-state index contributed by atoms with van der Waals surface area (Å²) in [6, 6.07) is 19.5. The van der Waals surface area contributed by atoms with Gasteiger partial charge in [-0.15, -0.1) is 0 Å². The molecule has 2 fully saturated rings. The number of hydrogen-bond acceptors (Lipinski definition) is 4. The number of hydrogen-bond donors (Lipinski definition) is 1. The summed E-state index contributed by atoms with van der Waals surface area (Å²) in [4.78, 5) is 18.1. The van der Waals surface area contributed by atoms with Gasteiger partial charge in [-0.25, -0.2) is 0 Å². The molecule has 0 aliphatic carbocycles. The van der Waals surface area contributed by atoms with E-state index in [-0.39, 0.29) is 11.9 Å². The molecule has 1 unspecified atom stereocenters. The maximum atomic E-state index is 13.2. The Morgan fingerprint density at radius 2 is 1.67 bits per heavy atom. The number of likely N-dealkylation sites (N-methyl/N-ethyl adjacent to an activating group) is 2. The third-order valence-electron chi connectivity index (χ3n) is 6.69. The van der Waals surface area contributed by atoms with Crippen LogP contribution in [-0.2, 0) is 6.54 Å².